The number of aromatic nitrogens is 2. The van der Waals surface area contributed by atoms with Crippen molar-refractivity contribution in [2.45, 2.75) is 25.3 Å². The van der Waals surface area contributed by atoms with E-state index < -0.39 is 5.97 Å². The largest absolute Gasteiger partial charge is 0.481 e. The molecule has 2 aliphatic rings. The first-order valence-electron chi connectivity index (χ1n) is 6.91. The molecule has 6 heteroatoms. The zero-order valence-corrected chi connectivity index (χ0v) is 11.6. The number of nitrogens with zero attached hydrogens (tertiary/aromatic N) is 2. The van der Waals surface area contributed by atoms with E-state index in [9.17, 15) is 9.90 Å². The summed E-state index contributed by atoms with van der Waals surface area (Å²) in [7, 11) is 0. The lowest BCUT2D eigenvalue weighted by atomic mass is 9.84. The van der Waals surface area contributed by atoms with E-state index in [4.69, 9.17) is 0 Å². The first kappa shape index (κ1) is 12.1. The summed E-state index contributed by atoms with van der Waals surface area (Å²) in [5.41, 5.74) is 0. The highest BCUT2D eigenvalue weighted by atomic mass is 32.1. The number of rotatable bonds is 3. The Morgan fingerprint density at radius 2 is 2.20 bits per heavy atom. The average Bonchev–Trinajstić information content (AvgIpc) is 3.13. The van der Waals surface area contributed by atoms with E-state index >= 15 is 0 Å². The van der Waals surface area contributed by atoms with Crippen molar-refractivity contribution in [2.75, 3.05) is 5.32 Å². The summed E-state index contributed by atoms with van der Waals surface area (Å²) in [4.78, 5) is 21.0. The van der Waals surface area contributed by atoms with E-state index in [1.165, 1.54) is 0 Å². The molecule has 4 rings (SSSR count). The Morgan fingerprint density at radius 1 is 1.35 bits per heavy atom. The van der Waals surface area contributed by atoms with Crippen LogP contribution in [0.4, 0.5) is 5.82 Å². The van der Waals surface area contributed by atoms with Crippen molar-refractivity contribution >= 4 is 33.3 Å². The number of fused-ring (bicyclic) bond motifs is 3. The second-order valence-electron chi connectivity index (χ2n) is 5.73. The van der Waals surface area contributed by atoms with Crippen LogP contribution in [0.25, 0.3) is 10.2 Å². The molecule has 2 aromatic heterocycles. The van der Waals surface area contributed by atoms with Crippen LogP contribution in [0, 0.1) is 17.8 Å². The molecule has 5 nitrogen and oxygen atoms in total. The summed E-state index contributed by atoms with van der Waals surface area (Å²) in [6.45, 7) is 0. The Hall–Kier alpha value is -1.69. The fraction of sp³-hybridized carbons (Fsp3) is 0.500. The molecule has 2 N–H and O–H groups in total. The molecule has 2 heterocycles. The Labute approximate surface area is 120 Å². The van der Waals surface area contributed by atoms with Gasteiger partial charge in [-0.3, -0.25) is 4.79 Å². The van der Waals surface area contributed by atoms with Gasteiger partial charge in [0.15, 0.2) is 0 Å². The second-order valence-corrected chi connectivity index (χ2v) is 6.62. The molecule has 4 atom stereocenters. The number of hydrogen-bond acceptors (Lipinski definition) is 5. The molecule has 0 spiro atoms. The maximum Gasteiger partial charge on any atom is 0.308 e. The highest BCUT2D eigenvalue weighted by molar-refractivity contribution is 7.16. The zero-order valence-electron chi connectivity index (χ0n) is 10.8. The minimum atomic E-state index is -0.676. The predicted octanol–water partition coefficient (Wildman–Crippen LogP) is 2.60. The summed E-state index contributed by atoms with van der Waals surface area (Å²) in [5, 5.41) is 15.9. The SMILES string of the molecule is O=C(O)C1C2CCC(C2)C1Nc1ncnc2sccc12. The number of thiophene rings is 1. The second kappa shape index (κ2) is 4.41. The normalized spacial score (nSPS) is 31.8. The van der Waals surface area contributed by atoms with Crippen LogP contribution < -0.4 is 5.32 Å². The number of carbonyl (C=O) groups is 1. The van der Waals surface area contributed by atoms with Gasteiger partial charge in [-0.25, -0.2) is 9.97 Å². The molecule has 0 aliphatic heterocycles. The highest BCUT2D eigenvalue weighted by Gasteiger charge is 2.51. The van der Waals surface area contributed by atoms with Crippen molar-refractivity contribution in [3.8, 4) is 0 Å². The molecule has 2 aliphatic carbocycles. The topological polar surface area (TPSA) is 75.1 Å². The van der Waals surface area contributed by atoms with E-state index in [1.807, 2.05) is 11.4 Å². The van der Waals surface area contributed by atoms with E-state index in [0.29, 0.717) is 11.8 Å². The van der Waals surface area contributed by atoms with Crippen molar-refractivity contribution in [3.63, 3.8) is 0 Å². The van der Waals surface area contributed by atoms with Crippen LogP contribution in [0.5, 0.6) is 0 Å². The molecule has 0 radical (unpaired) electrons. The van der Waals surface area contributed by atoms with E-state index in [-0.39, 0.29) is 12.0 Å². The van der Waals surface area contributed by atoms with E-state index in [0.717, 1.165) is 35.3 Å². The smallest absolute Gasteiger partial charge is 0.308 e. The Morgan fingerprint density at radius 3 is 3.05 bits per heavy atom. The molecular weight excluding hydrogens is 274 g/mol. The summed E-state index contributed by atoms with van der Waals surface area (Å²) in [5.74, 6) is 0.613. The van der Waals surface area contributed by atoms with Gasteiger partial charge in [0.2, 0.25) is 0 Å². The Balaban J connectivity index is 1.68. The third kappa shape index (κ3) is 1.71. The van der Waals surface area contributed by atoms with Gasteiger partial charge < -0.3 is 10.4 Å². The standard InChI is InChI=1S/C14H15N3O2S/c18-14(19)10-7-1-2-8(5-7)11(10)17-12-9-3-4-20-13(9)16-6-15-12/h3-4,6-8,10-11H,1-2,5H2,(H,18,19)(H,15,16,17). The highest BCUT2D eigenvalue weighted by Crippen LogP contribution is 2.49. The molecule has 4 unspecified atom stereocenters. The van der Waals surface area contributed by atoms with E-state index in [2.05, 4.69) is 15.3 Å². The fourth-order valence-electron chi connectivity index (χ4n) is 3.92. The number of carboxylic acid groups (broad SMARTS) is 1. The number of anilines is 1. The maximum absolute atomic E-state index is 11.5. The lowest BCUT2D eigenvalue weighted by Crippen LogP contribution is -2.39. The lowest BCUT2D eigenvalue weighted by Gasteiger charge is -2.29. The van der Waals surface area contributed by atoms with Crippen LogP contribution in [-0.4, -0.2) is 27.1 Å². The monoisotopic (exact) mass is 289 g/mol. The minimum Gasteiger partial charge on any atom is -0.481 e. The van der Waals surface area contributed by atoms with Crippen LogP contribution in [0.2, 0.25) is 0 Å². The molecule has 2 fully saturated rings. The summed E-state index contributed by atoms with van der Waals surface area (Å²) < 4.78 is 0. The quantitative estimate of drug-likeness (QED) is 0.908. The molecule has 104 valence electrons. The van der Waals surface area contributed by atoms with Crippen LogP contribution in [-0.2, 0) is 4.79 Å². The van der Waals surface area contributed by atoms with Gasteiger partial charge in [-0.2, -0.15) is 0 Å². The molecule has 20 heavy (non-hydrogen) atoms. The number of hydrogen-bond donors (Lipinski definition) is 2. The third-order valence-electron chi connectivity index (χ3n) is 4.77. The van der Waals surface area contributed by atoms with Crippen LogP contribution >= 0.6 is 11.3 Å². The van der Waals surface area contributed by atoms with Gasteiger partial charge in [0.05, 0.1) is 11.3 Å². The van der Waals surface area contributed by atoms with Gasteiger partial charge in [0.25, 0.3) is 0 Å². The van der Waals surface area contributed by atoms with Crippen molar-refractivity contribution in [2.24, 2.45) is 17.8 Å². The third-order valence-corrected chi connectivity index (χ3v) is 5.59. The van der Waals surface area contributed by atoms with Crippen molar-refractivity contribution in [1.82, 2.24) is 9.97 Å². The zero-order chi connectivity index (χ0) is 13.7. The van der Waals surface area contributed by atoms with Gasteiger partial charge in [-0.15, -0.1) is 11.3 Å². The van der Waals surface area contributed by atoms with E-state index in [1.54, 1.807) is 17.7 Å². The predicted molar refractivity (Wildman–Crippen MR) is 76.8 cm³/mol. The molecule has 0 saturated heterocycles. The lowest BCUT2D eigenvalue weighted by molar-refractivity contribution is -0.143. The Kier molecular flexibility index (Phi) is 2.66. The number of nitrogens with one attached hydrogen (secondary N) is 1. The Bertz CT molecular complexity index is 671. The molecular formula is C14H15N3O2S. The van der Waals surface area contributed by atoms with Gasteiger partial charge >= 0.3 is 5.97 Å². The van der Waals surface area contributed by atoms with Gasteiger partial charge in [-0.05, 0) is 42.5 Å². The number of aliphatic carboxylic acids is 1. The summed E-state index contributed by atoms with van der Waals surface area (Å²) in [6.07, 6.45) is 4.76. The van der Waals surface area contributed by atoms with Crippen LogP contribution in [0.3, 0.4) is 0 Å². The fourth-order valence-corrected chi connectivity index (χ4v) is 4.65. The summed E-state index contributed by atoms with van der Waals surface area (Å²) in [6, 6.07) is 2.00. The van der Waals surface area contributed by atoms with Crippen molar-refractivity contribution < 1.29 is 9.90 Å². The number of carboxylic acids is 1. The van der Waals surface area contributed by atoms with Crippen molar-refractivity contribution in [3.05, 3.63) is 17.8 Å². The molecule has 0 aromatic carbocycles. The first-order valence-corrected chi connectivity index (χ1v) is 7.79. The van der Waals surface area contributed by atoms with Gasteiger partial charge in [-0.1, -0.05) is 0 Å². The maximum atomic E-state index is 11.5. The molecule has 2 saturated carbocycles. The first-order chi connectivity index (χ1) is 9.74. The molecule has 0 amide bonds. The summed E-state index contributed by atoms with van der Waals surface area (Å²) >= 11 is 1.57. The molecule has 2 aromatic rings. The average molecular weight is 289 g/mol. The van der Waals surface area contributed by atoms with Crippen molar-refractivity contribution in [1.29, 1.82) is 0 Å². The minimum absolute atomic E-state index is 0.00394. The van der Waals surface area contributed by atoms with Crippen LogP contribution in [0.1, 0.15) is 19.3 Å². The van der Waals surface area contributed by atoms with Gasteiger partial charge in [0.1, 0.15) is 17.0 Å². The molecule has 2 bridgehead atoms. The van der Waals surface area contributed by atoms with Gasteiger partial charge in [0, 0.05) is 6.04 Å². The van der Waals surface area contributed by atoms with Crippen LogP contribution in [0.15, 0.2) is 17.8 Å².